The van der Waals surface area contributed by atoms with Gasteiger partial charge in [-0.05, 0) is 117 Å². The summed E-state index contributed by atoms with van der Waals surface area (Å²) in [6.45, 7) is 15.0. The second kappa shape index (κ2) is 14.2. The number of carbonyl (C=O) groups excluding carboxylic acids is 1. The van der Waals surface area contributed by atoms with Gasteiger partial charge >= 0.3 is 5.97 Å². The number of rotatable bonds is 8. The highest BCUT2D eigenvalue weighted by Gasteiger charge is 2.85. The maximum atomic E-state index is 12.2. The Bertz CT molecular complexity index is 1570. The smallest absolute Gasteiger partial charge is 0.303 e. The molecule has 2 unspecified atom stereocenters. The summed E-state index contributed by atoms with van der Waals surface area (Å²) in [5.74, 6) is -0.931. The van der Waals surface area contributed by atoms with Crippen LogP contribution in [-0.2, 0) is 33.2 Å². The Morgan fingerprint density at radius 2 is 1.50 bits per heavy atom. The predicted octanol–water partition coefficient (Wildman–Crippen LogP) is 1.29. The third kappa shape index (κ3) is 6.17. The molecule has 21 atom stereocenters. The third-order valence-electron chi connectivity index (χ3n) is 17.9. The van der Waals surface area contributed by atoms with E-state index >= 15 is 0 Å². The van der Waals surface area contributed by atoms with E-state index in [1.807, 2.05) is 0 Å². The Morgan fingerprint density at radius 1 is 0.793 bits per heavy atom. The Kier molecular flexibility index (Phi) is 10.7. The summed E-state index contributed by atoms with van der Waals surface area (Å²) in [4.78, 5) is 12.1. The van der Waals surface area contributed by atoms with Crippen LogP contribution in [0.15, 0.2) is 0 Å². The number of aliphatic hydroxyl groups is 8. The molecule has 3 heterocycles. The zero-order chi connectivity index (χ0) is 42.3. The van der Waals surface area contributed by atoms with Crippen LogP contribution in [0.4, 0.5) is 0 Å². The van der Waals surface area contributed by atoms with Crippen LogP contribution in [-0.4, -0.2) is 151 Å². The Labute approximate surface area is 341 Å². The lowest BCUT2D eigenvalue weighted by Gasteiger charge is -2.65. The monoisotopic (exact) mass is 826 g/mol. The summed E-state index contributed by atoms with van der Waals surface area (Å²) in [6.07, 6.45) is -7.66. The number of carbonyl (C=O) groups is 1. The molecule has 0 radical (unpaired) electrons. The van der Waals surface area contributed by atoms with Gasteiger partial charge in [0.15, 0.2) is 18.7 Å². The number of hydrogen-bond donors (Lipinski definition) is 8. The summed E-state index contributed by atoms with van der Waals surface area (Å²) in [7, 11) is 0. The second-order valence-corrected chi connectivity index (χ2v) is 21.6. The molecule has 58 heavy (non-hydrogen) atoms. The number of hydrogen-bond acceptors (Lipinski definition) is 15. The molecule has 5 saturated carbocycles. The van der Waals surface area contributed by atoms with Crippen molar-refractivity contribution < 1.29 is 74.1 Å². The summed E-state index contributed by atoms with van der Waals surface area (Å²) >= 11 is 0. The minimum Gasteiger partial charge on any atom is -0.454 e. The van der Waals surface area contributed by atoms with Gasteiger partial charge in [0.25, 0.3) is 0 Å². The number of esters is 1. The Balaban J connectivity index is 1.15. The quantitative estimate of drug-likeness (QED) is 0.127. The molecule has 0 bridgehead atoms. The van der Waals surface area contributed by atoms with Crippen molar-refractivity contribution in [3.63, 3.8) is 0 Å². The molecule has 15 heteroatoms. The Morgan fingerprint density at radius 3 is 2.14 bits per heavy atom. The Hall–Kier alpha value is -1.05. The third-order valence-corrected chi connectivity index (χ3v) is 17.9. The van der Waals surface area contributed by atoms with E-state index in [-0.39, 0.29) is 52.1 Å². The van der Waals surface area contributed by atoms with Gasteiger partial charge in [-0.1, -0.05) is 27.7 Å². The lowest BCUT2D eigenvalue weighted by molar-refractivity contribution is -0.339. The second-order valence-electron chi connectivity index (χ2n) is 21.6. The summed E-state index contributed by atoms with van der Waals surface area (Å²) in [5.41, 5.74) is -3.32. The molecule has 0 aromatic carbocycles. The van der Waals surface area contributed by atoms with E-state index in [0.717, 1.165) is 32.1 Å². The van der Waals surface area contributed by atoms with Gasteiger partial charge in [-0.2, -0.15) is 0 Å². The maximum Gasteiger partial charge on any atom is 0.303 e. The molecule has 5 aliphatic carbocycles. The first kappa shape index (κ1) is 43.6. The van der Waals surface area contributed by atoms with Crippen LogP contribution < -0.4 is 0 Å². The van der Waals surface area contributed by atoms with Gasteiger partial charge in [0.2, 0.25) is 0 Å². The van der Waals surface area contributed by atoms with Gasteiger partial charge in [-0.15, -0.1) is 0 Å². The zero-order valence-electron chi connectivity index (χ0n) is 35.5. The molecule has 15 nitrogen and oxygen atoms in total. The van der Waals surface area contributed by atoms with E-state index < -0.39 is 103 Å². The van der Waals surface area contributed by atoms with Crippen molar-refractivity contribution in [2.45, 2.75) is 204 Å². The van der Waals surface area contributed by atoms with Gasteiger partial charge in [-0.25, -0.2) is 0 Å². The van der Waals surface area contributed by atoms with Crippen LogP contribution in [0, 0.1) is 44.8 Å². The van der Waals surface area contributed by atoms with Crippen LogP contribution in [0.5, 0.6) is 0 Å². The van der Waals surface area contributed by atoms with Crippen molar-refractivity contribution in [3.05, 3.63) is 0 Å². The molecule has 0 amide bonds. The van der Waals surface area contributed by atoms with Gasteiger partial charge in [0.1, 0.15) is 36.6 Å². The first-order valence-electron chi connectivity index (χ1n) is 21.8. The average molecular weight is 827 g/mol. The SMILES string of the molecule is CC(=O)O[C@H]1[C@H](O[C@H]2CC[C@]34C[C@]35CC[C@]3(C)C([C@@]6(C)CC[C@@H](C(C)(C)O)O6)[C@@H](O)C[C@@]3(C)[C@@H]5C[C@H](O[C@@H]3O[C@H](CO)[C@@H](O)[C@H](O)[C@H]3O)C4C2(C)C)OC[C@@H](O)[C@@H]1O. The molecule has 3 aliphatic heterocycles. The fourth-order valence-corrected chi connectivity index (χ4v) is 15.2. The van der Waals surface area contributed by atoms with Crippen LogP contribution in [0.2, 0.25) is 0 Å². The molecular formula is C43H70O15. The highest BCUT2D eigenvalue weighted by molar-refractivity contribution is 5.66. The van der Waals surface area contributed by atoms with E-state index in [1.165, 1.54) is 6.92 Å². The summed E-state index contributed by atoms with van der Waals surface area (Å²) in [5, 5.41) is 87.3. The van der Waals surface area contributed by atoms with E-state index in [2.05, 4.69) is 34.6 Å². The molecule has 2 spiro atoms. The fraction of sp³-hybridized carbons (Fsp3) is 0.977. The first-order chi connectivity index (χ1) is 26.9. The molecule has 332 valence electrons. The van der Waals surface area contributed by atoms with Gasteiger partial charge in [-0.3, -0.25) is 4.79 Å². The van der Waals surface area contributed by atoms with Crippen LogP contribution >= 0.6 is 0 Å². The molecular weight excluding hydrogens is 756 g/mol. The topological polar surface area (TPSA) is 234 Å². The average Bonchev–Trinajstić information content (AvgIpc) is 3.50. The van der Waals surface area contributed by atoms with Crippen molar-refractivity contribution in [1.29, 1.82) is 0 Å². The van der Waals surface area contributed by atoms with E-state index in [1.54, 1.807) is 13.8 Å². The number of ether oxygens (including phenoxy) is 6. The molecule has 3 saturated heterocycles. The molecule has 8 N–H and O–H groups in total. The van der Waals surface area contributed by atoms with Crippen LogP contribution in [0.1, 0.15) is 113 Å². The largest absolute Gasteiger partial charge is 0.454 e. The predicted molar refractivity (Wildman–Crippen MR) is 203 cm³/mol. The van der Waals surface area contributed by atoms with E-state index in [0.29, 0.717) is 25.7 Å². The highest BCUT2D eigenvalue weighted by Crippen LogP contribution is 2.89. The molecule has 8 fully saturated rings. The summed E-state index contributed by atoms with van der Waals surface area (Å²) < 4.78 is 37.8. The summed E-state index contributed by atoms with van der Waals surface area (Å²) in [6, 6.07) is 0. The van der Waals surface area contributed by atoms with Gasteiger partial charge in [0.05, 0.1) is 48.8 Å². The minimum atomic E-state index is -1.62. The fourth-order valence-electron chi connectivity index (χ4n) is 15.2. The molecule has 8 aliphatic rings. The number of fused-ring (bicyclic) bond motifs is 2. The van der Waals surface area contributed by atoms with Crippen molar-refractivity contribution in [1.82, 2.24) is 0 Å². The van der Waals surface area contributed by atoms with Crippen LogP contribution in [0.25, 0.3) is 0 Å². The van der Waals surface area contributed by atoms with E-state index in [9.17, 15) is 45.6 Å². The molecule has 0 aromatic heterocycles. The van der Waals surface area contributed by atoms with Gasteiger partial charge in [0, 0.05) is 12.8 Å². The lowest BCUT2D eigenvalue weighted by atomic mass is 9.41. The normalized spacial score (nSPS) is 56.1. The lowest BCUT2D eigenvalue weighted by Crippen LogP contribution is -2.65. The van der Waals surface area contributed by atoms with Crippen molar-refractivity contribution in [2.24, 2.45) is 44.8 Å². The minimum absolute atomic E-state index is 0.0829. The van der Waals surface area contributed by atoms with Crippen molar-refractivity contribution in [2.75, 3.05) is 13.2 Å². The molecule has 0 aromatic rings. The number of aliphatic hydroxyl groups excluding tert-OH is 7. The standard InChI is InChI=1S/C43H70O15/c1-20(45)54-32-28(48)22(47)18-53-36(32)57-26-10-12-43-19-42(43)14-13-39(6)33(41(8)11-9-27(58-41)38(4,5)52)21(46)16-40(39,7)25(42)15-23(34(43)37(26,2)3)55-35-31(51)30(50)29(49)24(17-44)56-35/h21-36,44,46-52H,9-19H2,1-8H3/t21-,22+,23-,24+,25-,26-,27-,28-,29+,30-,31+,32+,33?,34?,35+,36-,39+,40-,41+,42-,43+/m0/s1. The van der Waals surface area contributed by atoms with Gasteiger partial charge < -0.3 is 69.3 Å². The first-order valence-corrected chi connectivity index (χ1v) is 21.8. The van der Waals surface area contributed by atoms with E-state index in [4.69, 9.17) is 28.4 Å². The molecule has 8 rings (SSSR count). The van der Waals surface area contributed by atoms with Crippen LogP contribution in [0.3, 0.4) is 0 Å². The zero-order valence-corrected chi connectivity index (χ0v) is 35.5. The van der Waals surface area contributed by atoms with Crippen molar-refractivity contribution in [3.8, 4) is 0 Å². The highest BCUT2D eigenvalue weighted by atomic mass is 16.7. The maximum absolute atomic E-state index is 12.2. The van der Waals surface area contributed by atoms with Crippen molar-refractivity contribution >= 4 is 5.97 Å².